The maximum absolute atomic E-state index is 14.6. The molecule has 0 atom stereocenters. The summed E-state index contributed by atoms with van der Waals surface area (Å²) in [6.07, 6.45) is 3.07. The Labute approximate surface area is 211 Å². The van der Waals surface area contributed by atoms with Gasteiger partial charge in [0.05, 0.1) is 28.3 Å². The highest BCUT2D eigenvalue weighted by Crippen LogP contribution is 2.28. The van der Waals surface area contributed by atoms with Crippen molar-refractivity contribution in [3.05, 3.63) is 89.8 Å². The van der Waals surface area contributed by atoms with Crippen molar-refractivity contribution < 1.29 is 23.1 Å². The van der Waals surface area contributed by atoms with Crippen molar-refractivity contribution in [3.63, 3.8) is 0 Å². The average Bonchev–Trinajstić information content (AvgIpc) is 3.37. The Balaban J connectivity index is 1.42. The van der Waals surface area contributed by atoms with E-state index in [0.717, 1.165) is 11.6 Å². The highest BCUT2D eigenvalue weighted by atomic mass is 19.1. The summed E-state index contributed by atoms with van der Waals surface area (Å²) < 4.78 is 34.3. The summed E-state index contributed by atoms with van der Waals surface area (Å²) in [5, 5.41) is 7.39. The predicted octanol–water partition coefficient (Wildman–Crippen LogP) is 4.79. The molecule has 0 bridgehead atoms. The summed E-state index contributed by atoms with van der Waals surface area (Å²) in [4.78, 5) is 31.6. The lowest BCUT2D eigenvalue weighted by molar-refractivity contribution is 0.0955. The number of aryl methyl sites for hydroxylation is 1. The van der Waals surface area contributed by atoms with Gasteiger partial charge in [0, 0.05) is 37.6 Å². The second-order valence-electron chi connectivity index (χ2n) is 8.03. The maximum Gasteiger partial charge on any atom is 0.323 e. The number of aromatic nitrogens is 2. The molecule has 0 unspecified atom stereocenters. The first-order valence-corrected chi connectivity index (χ1v) is 11.3. The minimum Gasteiger partial charge on any atom is -0.457 e. The largest absolute Gasteiger partial charge is 0.457 e. The summed E-state index contributed by atoms with van der Waals surface area (Å²) in [5.41, 5.74) is 7.56. The highest BCUT2D eigenvalue weighted by molar-refractivity contribution is 6.00. The van der Waals surface area contributed by atoms with Gasteiger partial charge in [-0.2, -0.15) is 0 Å². The lowest BCUT2D eigenvalue weighted by Crippen LogP contribution is -2.28. The molecule has 11 heteroatoms. The molecule has 0 saturated carbocycles. The molecule has 0 spiro atoms. The number of H-pyrrole nitrogens is 1. The first-order valence-electron chi connectivity index (χ1n) is 11.3. The van der Waals surface area contributed by atoms with Crippen LogP contribution in [0.5, 0.6) is 11.5 Å². The molecule has 4 rings (SSSR count). The number of nitrogens with two attached hydrogens (primary N) is 1. The third kappa shape index (κ3) is 6.47. The fraction of sp³-hybridized carbons (Fsp3) is 0.115. The van der Waals surface area contributed by atoms with Crippen LogP contribution in [0.15, 0.2) is 67.0 Å². The monoisotopic (exact) mass is 506 g/mol. The normalized spacial score (nSPS) is 10.6. The number of amides is 3. The van der Waals surface area contributed by atoms with E-state index in [1.807, 2.05) is 0 Å². The summed E-state index contributed by atoms with van der Waals surface area (Å²) in [7, 11) is 0. The number of hydrogen-bond acceptors (Lipinski definition) is 5. The number of pyridine rings is 1. The van der Waals surface area contributed by atoms with Crippen LogP contribution in [0, 0.1) is 18.6 Å². The number of halogens is 2. The molecule has 0 aliphatic heterocycles. The number of urea groups is 1. The van der Waals surface area contributed by atoms with Crippen molar-refractivity contribution in [1.82, 2.24) is 15.3 Å². The number of ether oxygens (including phenoxy) is 1. The molecule has 6 N–H and O–H groups in total. The summed E-state index contributed by atoms with van der Waals surface area (Å²) in [6.45, 7) is 2.45. The smallest absolute Gasteiger partial charge is 0.323 e. The van der Waals surface area contributed by atoms with Gasteiger partial charge in [-0.25, -0.2) is 13.6 Å². The van der Waals surface area contributed by atoms with Crippen molar-refractivity contribution >= 4 is 23.3 Å². The SMILES string of the molecule is Cc1ccc(F)c(NC(=O)Nc2ccc(Oc3ccnc(-c4cc(C(=O)NCCN)c[nH]4)c3)cc2F)c1. The molecule has 0 fully saturated rings. The van der Waals surface area contributed by atoms with Crippen molar-refractivity contribution in [2.45, 2.75) is 6.92 Å². The number of carbonyl (C=O) groups is 2. The van der Waals surface area contributed by atoms with Gasteiger partial charge in [0.1, 0.15) is 23.1 Å². The topological polar surface area (TPSA) is 134 Å². The van der Waals surface area contributed by atoms with Gasteiger partial charge in [-0.05, 0) is 48.9 Å². The van der Waals surface area contributed by atoms with Crippen LogP contribution in [-0.4, -0.2) is 35.0 Å². The van der Waals surface area contributed by atoms with Crippen LogP contribution >= 0.6 is 0 Å². The molecular formula is C26H24F2N6O3. The maximum atomic E-state index is 14.6. The van der Waals surface area contributed by atoms with Crippen LogP contribution in [0.4, 0.5) is 25.0 Å². The fourth-order valence-electron chi connectivity index (χ4n) is 3.39. The summed E-state index contributed by atoms with van der Waals surface area (Å²) >= 11 is 0. The van der Waals surface area contributed by atoms with Crippen LogP contribution in [0.3, 0.4) is 0 Å². The molecule has 0 aliphatic rings. The number of nitrogens with zero attached hydrogens (tertiary/aromatic N) is 1. The second kappa shape index (κ2) is 11.3. The van der Waals surface area contributed by atoms with Crippen molar-refractivity contribution in [2.24, 2.45) is 5.73 Å². The minimum absolute atomic E-state index is 0.0169. The Bertz CT molecular complexity index is 1440. The van der Waals surface area contributed by atoms with E-state index in [0.29, 0.717) is 35.8 Å². The zero-order valence-electron chi connectivity index (χ0n) is 19.8. The zero-order chi connectivity index (χ0) is 26.4. The Hall–Kier alpha value is -4.77. The molecule has 0 aliphatic carbocycles. The second-order valence-corrected chi connectivity index (χ2v) is 8.03. The third-order valence-corrected chi connectivity index (χ3v) is 5.18. The molecule has 190 valence electrons. The lowest BCUT2D eigenvalue weighted by Gasteiger charge is -2.11. The highest BCUT2D eigenvalue weighted by Gasteiger charge is 2.13. The Kier molecular flexibility index (Phi) is 7.74. The van der Waals surface area contributed by atoms with E-state index in [2.05, 4.69) is 25.9 Å². The predicted molar refractivity (Wildman–Crippen MR) is 136 cm³/mol. The van der Waals surface area contributed by atoms with Crippen LogP contribution < -0.4 is 26.4 Å². The molecule has 0 radical (unpaired) electrons. The standard InChI is InChI=1S/C26H24F2N6O3/c1-15-2-4-19(27)22(10-15)34-26(36)33-21-5-3-17(12-20(21)28)37-18-6-8-30-24(13-18)23-11-16(14-32-23)25(35)31-9-7-29/h2-6,8,10-14,32H,7,9,29H2,1H3,(H,31,35)(H2,33,34,36). The minimum atomic E-state index is -0.794. The van der Waals surface area contributed by atoms with Crippen LogP contribution in [0.25, 0.3) is 11.4 Å². The fourth-order valence-corrected chi connectivity index (χ4v) is 3.39. The molecule has 2 aromatic heterocycles. The molecule has 4 aromatic rings. The van der Waals surface area contributed by atoms with E-state index in [1.54, 1.807) is 37.4 Å². The Morgan fingerprint density at radius 2 is 1.76 bits per heavy atom. The Morgan fingerprint density at radius 3 is 2.54 bits per heavy atom. The molecule has 2 heterocycles. The summed E-state index contributed by atoms with van der Waals surface area (Å²) in [6, 6.07) is 12.3. The van der Waals surface area contributed by atoms with Crippen molar-refractivity contribution in [3.8, 4) is 22.9 Å². The molecule has 9 nitrogen and oxygen atoms in total. The number of rotatable bonds is 8. The van der Waals surface area contributed by atoms with E-state index in [4.69, 9.17) is 10.5 Å². The third-order valence-electron chi connectivity index (χ3n) is 5.18. The van der Waals surface area contributed by atoms with Gasteiger partial charge in [0.15, 0.2) is 0 Å². The van der Waals surface area contributed by atoms with Gasteiger partial charge < -0.3 is 31.4 Å². The van der Waals surface area contributed by atoms with Gasteiger partial charge in [0.25, 0.3) is 5.91 Å². The van der Waals surface area contributed by atoms with Crippen LogP contribution in [0.2, 0.25) is 0 Å². The van der Waals surface area contributed by atoms with E-state index in [-0.39, 0.29) is 23.0 Å². The average molecular weight is 507 g/mol. The zero-order valence-corrected chi connectivity index (χ0v) is 19.8. The molecule has 3 amide bonds. The number of hydrogen-bond donors (Lipinski definition) is 5. The molecular weight excluding hydrogens is 482 g/mol. The molecule has 37 heavy (non-hydrogen) atoms. The van der Waals surface area contributed by atoms with E-state index in [1.165, 1.54) is 30.5 Å². The first-order chi connectivity index (χ1) is 17.8. The van der Waals surface area contributed by atoms with Crippen molar-refractivity contribution in [1.29, 1.82) is 0 Å². The van der Waals surface area contributed by atoms with E-state index < -0.39 is 17.7 Å². The summed E-state index contributed by atoms with van der Waals surface area (Å²) in [5.74, 6) is -1.06. The quantitative estimate of drug-likeness (QED) is 0.234. The molecule has 0 saturated heterocycles. The van der Waals surface area contributed by atoms with Gasteiger partial charge in [0.2, 0.25) is 0 Å². The number of benzene rings is 2. The number of aromatic amines is 1. The number of nitrogens with one attached hydrogen (secondary N) is 4. The van der Waals surface area contributed by atoms with Gasteiger partial charge in [-0.15, -0.1) is 0 Å². The number of anilines is 2. The Morgan fingerprint density at radius 1 is 0.973 bits per heavy atom. The molecule has 2 aromatic carbocycles. The van der Waals surface area contributed by atoms with E-state index >= 15 is 0 Å². The van der Waals surface area contributed by atoms with Gasteiger partial charge in [-0.1, -0.05) is 6.07 Å². The van der Waals surface area contributed by atoms with Gasteiger partial charge in [-0.3, -0.25) is 9.78 Å². The van der Waals surface area contributed by atoms with Crippen LogP contribution in [-0.2, 0) is 0 Å². The van der Waals surface area contributed by atoms with Crippen LogP contribution in [0.1, 0.15) is 15.9 Å². The number of carbonyl (C=O) groups excluding carboxylic acids is 2. The van der Waals surface area contributed by atoms with E-state index in [9.17, 15) is 18.4 Å². The van der Waals surface area contributed by atoms with Gasteiger partial charge >= 0.3 is 6.03 Å². The van der Waals surface area contributed by atoms with Crippen molar-refractivity contribution in [2.75, 3.05) is 23.7 Å². The first kappa shape index (κ1) is 25.3. The lowest BCUT2D eigenvalue weighted by atomic mass is 10.2.